The minimum Gasteiger partial charge on any atom is -0.455 e. The number of halogens is 2. The summed E-state index contributed by atoms with van der Waals surface area (Å²) < 4.78 is 5.97. The van der Waals surface area contributed by atoms with Gasteiger partial charge in [0.15, 0.2) is 0 Å². The van der Waals surface area contributed by atoms with E-state index in [1.54, 1.807) is 12.3 Å². The third kappa shape index (κ3) is 2.42. The zero-order chi connectivity index (χ0) is 18.9. The average molecular weight is 398 g/mol. The van der Waals surface area contributed by atoms with Crippen molar-refractivity contribution < 1.29 is 9.21 Å². The Morgan fingerprint density at radius 1 is 1.19 bits per heavy atom. The smallest absolute Gasteiger partial charge is 0.260 e. The number of rotatable bonds is 3. The van der Waals surface area contributed by atoms with Crippen LogP contribution in [0.5, 0.6) is 0 Å². The fraction of sp³-hybridized carbons (Fsp3) is 0.150. The molecule has 134 valence electrons. The Morgan fingerprint density at radius 3 is 2.70 bits per heavy atom. The lowest BCUT2D eigenvalue weighted by molar-refractivity contribution is 0.102. The first-order valence-corrected chi connectivity index (χ1v) is 9.18. The van der Waals surface area contributed by atoms with Gasteiger partial charge in [-0.25, -0.2) is 4.98 Å². The Kier molecular flexibility index (Phi) is 3.48. The van der Waals surface area contributed by atoms with Crippen molar-refractivity contribution in [2.45, 2.75) is 19.8 Å². The molecule has 4 heterocycles. The number of anilines is 1. The van der Waals surface area contributed by atoms with Crippen LogP contribution >= 0.6 is 23.2 Å². The molecule has 0 aromatic carbocycles. The van der Waals surface area contributed by atoms with E-state index in [0.29, 0.717) is 22.8 Å². The van der Waals surface area contributed by atoms with Gasteiger partial charge in [0, 0.05) is 34.5 Å². The number of nitrogens with zero attached hydrogens (tertiary/aromatic N) is 2. The summed E-state index contributed by atoms with van der Waals surface area (Å²) >= 11 is 11.9. The number of hydrogen-bond donors (Lipinski definition) is 1. The van der Waals surface area contributed by atoms with Crippen molar-refractivity contribution in [2.24, 2.45) is 0 Å². The number of furan rings is 2. The summed E-state index contributed by atoms with van der Waals surface area (Å²) in [6, 6.07) is 5.41. The highest BCUT2D eigenvalue weighted by atomic mass is 35.5. The molecule has 1 atom stereocenters. The fourth-order valence-corrected chi connectivity index (χ4v) is 3.93. The molecule has 4 aromatic heterocycles. The van der Waals surface area contributed by atoms with Gasteiger partial charge in [-0.05, 0) is 30.7 Å². The van der Waals surface area contributed by atoms with Crippen molar-refractivity contribution in [3.8, 4) is 11.1 Å². The number of aromatic nitrogens is 2. The van der Waals surface area contributed by atoms with Crippen molar-refractivity contribution in [3.05, 3.63) is 63.2 Å². The molecule has 1 amide bonds. The summed E-state index contributed by atoms with van der Waals surface area (Å²) in [4.78, 5) is 21.3. The van der Waals surface area contributed by atoms with E-state index in [0.717, 1.165) is 28.0 Å². The SMILES string of the molecule is Cc1cc(-c2c(C(=O)Nc3cnc(Cl)c(Cl)c3)c3oc2c2c3[C@@H]2C)ccn1. The van der Waals surface area contributed by atoms with Gasteiger partial charge in [0.2, 0.25) is 0 Å². The Hall–Kier alpha value is -2.63. The van der Waals surface area contributed by atoms with E-state index in [9.17, 15) is 4.79 Å². The van der Waals surface area contributed by atoms with Gasteiger partial charge in [-0.15, -0.1) is 0 Å². The summed E-state index contributed by atoms with van der Waals surface area (Å²) in [5.74, 6) is 0.0638. The second-order valence-electron chi connectivity index (χ2n) is 6.70. The van der Waals surface area contributed by atoms with E-state index >= 15 is 0 Å². The van der Waals surface area contributed by atoms with Crippen LogP contribution in [0.2, 0.25) is 10.2 Å². The second-order valence-corrected chi connectivity index (χ2v) is 7.46. The average Bonchev–Trinajstić information content (AvgIpc) is 3.01. The van der Waals surface area contributed by atoms with Crippen LogP contribution in [0.15, 0.2) is 35.0 Å². The van der Waals surface area contributed by atoms with E-state index in [-0.39, 0.29) is 16.1 Å². The van der Waals surface area contributed by atoms with Gasteiger partial charge in [-0.1, -0.05) is 30.1 Å². The Balaban J connectivity index is 1.62. The van der Waals surface area contributed by atoms with Gasteiger partial charge in [-0.2, -0.15) is 0 Å². The van der Waals surface area contributed by atoms with Gasteiger partial charge in [0.25, 0.3) is 5.91 Å². The summed E-state index contributed by atoms with van der Waals surface area (Å²) in [6.45, 7) is 4.04. The number of carbonyl (C=O) groups excluding carboxylic acids is 1. The molecule has 0 unspecified atom stereocenters. The lowest BCUT2D eigenvalue weighted by Crippen LogP contribution is -2.13. The van der Waals surface area contributed by atoms with E-state index in [2.05, 4.69) is 22.2 Å². The molecule has 0 radical (unpaired) electrons. The van der Waals surface area contributed by atoms with E-state index < -0.39 is 0 Å². The van der Waals surface area contributed by atoms with Gasteiger partial charge in [0.05, 0.1) is 22.5 Å². The van der Waals surface area contributed by atoms with Crippen LogP contribution in [0.4, 0.5) is 5.69 Å². The molecule has 0 saturated heterocycles. The number of aryl methyl sites for hydroxylation is 1. The number of nitrogens with one attached hydrogen (secondary N) is 1. The molecule has 5 nitrogen and oxygen atoms in total. The number of carbonyl (C=O) groups is 1. The molecule has 27 heavy (non-hydrogen) atoms. The molecule has 1 aliphatic rings. The van der Waals surface area contributed by atoms with Crippen LogP contribution in [0.25, 0.3) is 22.3 Å². The van der Waals surface area contributed by atoms with Crippen molar-refractivity contribution in [1.82, 2.24) is 9.97 Å². The summed E-state index contributed by atoms with van der Waals surface area (Å²) in [7, 11) is 0. The quantitative estimate of drug-likeness (QED) is 0.452. The summed E-state index contributed by atoms with van der Waals surface area (Å²) in [5, 5.41) is 3.32. The molecule has 1 aliphatic carbocycles. The monoisotopic (exact) mass is 397 g/mol. The molecule has 4 aromatic rings. The highest BCUT2D eigenvalue weighted by Crippen LogP contribution is 2.58. The van der Waals surface area contributed by atoms with Crippen molar-refractivity contribution in [1.29, 1.82) is 0 Å². The first-order chi connectivity index (χ1) is 13.0. The normalized spacial score (nSPS) is 15.2. The highest BCUT2D eigenvalue weighted by Gasteiger charge is 2.44. The van der Waals surface area contributed by atoms with Crippen LogP contribution in [0, 0.1) is 6.92 Å². The molecule has 1 N–H and O–H groups in total. The third-order valence-electron chi connectivity index (χ3n) is 4.94. The number of amides is 1. The standard InChI is InChI=1S/C20H13Cl2N3O2/c1-8-5-10(3-4-23-8)15-16(18-14-9(2)13(14)17(15)27-18)20(26)25-11-6-12(21)19(22)24-7-11/h3-7,9H,1-2H3,(H,25,26)/t9-/m1/s1. The van der Waals surface area contributed by atoms with Crippen LogP contribution in [0.3, 0.4) is 0 Å². The topological polar surface area (TPSA) is 68.0 Å². The molecular formula is C20H13Cl2N3O2. The Bertz CT molecular complexity index is 1230. The van der Waals surface area contributed by atoms with E-state index in [4.69, 9.17) is 27.6 Å². The molecule has 2 bridgehead atoms. The number of pyridine rings is 2. The van der Waals surface area contributed by atoms with Crippen molar-refractivity contribution >= 4 is 46.0 Å². The number of benzene rings is 1. The Morgan fingerprint density at radius 2 is 1.96 bits per heavy atom. The Labute approximate surface area is 164 Å². The maximum atomic E-state index is 13.1. The zero-order valence-electron chi connectivity index (χ0n) is 14.4. The molecule has 7 heteroatoms. The van der Waals surface area contributed by atoms with Gasteiger partial charge in [0.1, 0.15) is 16.3 Å². The molecule has 0 aliphatic heterocycles. The molecular weight excluding hydrogens is 385 g/mol. The van der Waals surface area contributed by atoms with Crippen molar-refractivity contribution in [2.75, 3.05) is 5.32 Å². The van der Waals surface area contributed by atoms with E-state index in [1.807, 2.05) is 19.1 Å². The first kappa shape index (κ1) is 16.5. The van der Waals surface area contributed by atoms with Crippen LogP contribution in [0.1, 0.15) is 40.0 Å². The van der Waals surface area contributed by atoms with Crippen molar-refractivity contribution in [3.63, 3.8) is 0 Å². The minimum atomic E-state index is -0.268. The summed E-state index contributed by atoms with van der Waals surface area (Å²) in [6.07, 6.45) is 3.21. The summed E-state index contributed by atoms with van der Waals surface area (Å²) in [5.41, 5.74) is 7.36. The lowest BCUT2D eigenvalue weighted by Gasteiger charge is -2.08. The lowest BCUT2D eigenvalue weighted by atomic mass is 9.99. The molecule has 0 spiro atoms. The van der Waals surface area contributed by atoms with Crippen LogP contribution in [-0.4, -0.2) is 15.9 Å². The highest BCUT2D eigenvalue weighted by molar-refractivity contribution is 6.41. The third-order valence-corrected chi connectivity index (χ3v) is 5.62. The number of hydrogen-bond acceptors (Lipinski definition) is 4. The maximum Gasteiger partial charge on any atom is 0.260 e. The van der Waals surface area contributed by atoms with Gasteiger partial charge >= 0.3 is 0 Å². The van der Waals surface area contributed by atoms with Crippen LogP contribution < -0.4 is 5.32 Å². The van der Waals surface area contributed by atoms with Crippen LogP contribution in [-0.2, 0) is 0 Å². The second kappa shape index (κ2) is 5.68. The largest absolute Gasteiger partial charge is 0.455 e. The zero-order valence-corrected chi connectivity index (χ0v) is 15.9. The predicted octanol–water partition coefficient (Wildman–Crippen LogP) is 5.66. The molecule has 5 rings (SSSR count). The number of fused-ring (bicyclic) bond motifs is 5. The molecule has 0 fully saturated rings. The molecule has 0 saturated carbocycles. The maximum absolute atomic E-state index is 13.1. The minimum absolute atomic E-state index is 0.191. The first-order valence-electron chi connectivity index (χ1n) is 8.42. The predicted molar refractivity (Wildman–Crippen MR) is 105 cm³/mol. The fourth-order valence-electron chi connectivity index (χ4n) is 3.66. The van der Waals surface area contributed by atoms with E-state index in [1.165, 1.54) is 11.8 Å². The van der Waals surface area contributed by atoms with Gasteiger partial charge in [-0.3, -0.25) is 9.78 Å². The van der Waals surface area contributed by atoms with Gasteiger partial charge < -0.3 is 9.73 Å².